The van der Waals surface area contributed by atoms with E-state index in [9.17, 15) is 4.39 Å². The molecule has 0 bridgehead atoms. The van der Waals surface area contributed by atoms with Crippen molar-refractivity contribution in [3.63, 3.8) is 0 Å². The monoisotopic (exact) mass is 270 g/mol. The van der Waals surface area contributed by atoms with Gasteiger partial charge in [0.1, 0.15) is 17.7 Å². The first-order chi connectivity index (χ1) is 8.63. The van der Waals surface area contributed by atoms with Crippen molar-refractivity contribution in [2.24, 2.45) is 5.73 Å². The van der Waals surface area contributed by atoms with Gasteiger partial charge in [-0.3, -0.25) is 4.90 Å². The molecule has 1 saturated heterocycles. The van der Waals surface area contributed by atoms with Crippen molar-refractivity contribution in [3.05, 3.63) is 29.0 Å². The SMILES string of the molecule is NC1CC1N1CCC(Oc2ccc(F)c(Cl)c2)C1. The minimum atomic E-state index is -0.416. The fourth-order valence-corrected chi connectivity index (χ4v) is 2.68. The molecule has 3 nitrogen and oxygen atoms in total. The molecule has 1 aromatic rings. The summed E-state index contributed by atoms with van der Waals surface area (Å²) in [6.45, 7) is 1.92. The number of nitrogens with two attached hydrogens (primary N) is 1. The molecular weight excluding hydrogens is 255 g/mol. The molecule has 1 aromatic carbocycles. The molecule has 0 amide bonds. The zero-order valence-corrected chi connectivity index (χ0v) is 10.7. The second-order valence-electron chi connectivity index (χ2n) is 5.07. The normalized spacial score (nSPS) is 31.6. The summed E-state index contributed by atoms with van der Waals surface area (Å²) in [5.41, 5.74) is 5.84. The van der Waals surface area contributed by atoms with Gasteiger partial charge >= 0.3 is 0 Å². The molecule has 0 aromatic heterocycles. The number of nitrogens with zero attached hydrogens (tertiary/aromatic N) is 1. The topological polar surface area (TPSA) is 38.5 Å². The van der Waals surface area contributed by atoms with Gasteiger partial charge in [-0.05, 0) is 25.0 Å². The van der Waals surface area contributed by atoms with Crippen molar-refractivity contribution in [2.45, 2.75) is 31.0 Å². The lowest BCUT2D eigenvalue weighted by molar-refractivity contribution is 0.197. The summed E-state index contributed by atoms with van der Waals surface area (Å²) in [6.07, 6.45) is 2.23. The molecule has 1 heterocycles. The molecule has 5 heteroatoms. The molecule has 3 atom stereocenters. The molecule has 1 saturated carbocycles. The van der Waals surface area contributed by atoms with E-state index in [0.717, 1.165) is 25.9 Å². The smallest absolute Gasteiger partial charge is 0.142 e. The third-order valence-electron chi connectivity index (χ3n) is 3.64. The first-order valence-electron chi connectivity index (χ1n) is 6.25. The molecule has 2 fully saturated rings. The molecular formula is C13H16ClFN2O. The van der Waals surface area contributed by atoms with Crippen LogP contribution in [0.25, 0.3) is 0 Å². The van der Waals surface area contributed by atoms with Gasteiger partial charge in [-0.1, -0.05) is 11.6 Å². The highest BCUT2D eigenvalue weighted by Gasteiger charge is 2.42. The van der Waals surface area contributed by atoms with Crippen molar-refractivity contribution in [2.75, 3.05) is 13.1 Å². The first-order valence-corrected chi connectivity index (χ1v) is 6.62. The minimum absolute atomic E-state index is 0.103. The number of likely N-dealkylation sites (tertiary alicyclic amines) is 1. The van der Waals surface area contributed by atoms with Gasteiger partial charge < -0.3 is 10.5 Å². The Morgan fingerprint density at radius 1 is 1.44 bits per heavy atom. The van der Waals surface area contributed by atoms with Crippen molar-refractivity contribution in [1.29, 1.82) is 0 Å². The minimum Gasteiger partial charge on any atom is -0.489 e. The lowest BCUT2D eigenvalue weighted by atomic mass is 10.3. The van der Waals surface area contributed by atoms with Crippen LogP contribution in [0.3, 0.4) is 0 Å². The standard InChI is InChI=1S/C13H16ClFN2O/c14-10-5-8(1-2-11(10)15)18-9-3-4-17(7-9)13-6-12(13)16/h1-2,5,9,12-13H,3-4,6-7,16H2. The summed E-state index contributed by atoms with van der Waals surface area (Å²) in [7, 11) is 0. The van der Waals surface area contributed by atoms with Crippen LogP contribution in [-0.2, 0) is 0 Å². The largest absolute Gasteiger partial charge is 0.489 e. The molecule has 1 aliphatic heterocycles. The maximum atomic E-state index is 13.0. The van der Waals surface area contributed by atoms with E-state index >= 15 is 0 Å². The highest BCUT2D eigenvalue weighted by molar-refractivity contribution is 6.30. The summed E-state index contributed by atoms with van der Waals surface area (Å²) >= 11 is 5.73. The van der Waals surface area contributed by atoms with Crippen molar-refractivity contribution in [3.8, 4) is 5.75 Å². The van der Waals surface area contributed by atoms with Gasteiger partial charge in [0, 0.05) is 31.2 Å². The van der Waals surface area contributed by atoms with Crippen LogP contribution >= 0.6 is 11.6 Å². The summed E-state index contributed by atoms with van der Waals surface area (Å²) in [5.74, 6) is 0.217. The Morgan fingerprint density at radius 3 is 2.89 bits per heavy atom. The number of benzene rings is 1. The molecule has 98 valence electrons. The number of halogens is 2. The fourth-order valence-electron chi connectivity index (χ4n) is 2.51. The van der Waals surface area contributed by atoms with Crippen LogP contribution in [0.4, 0.5) is 4.39 Å². The van der Waals surface area contributed by atoms with E-state index in [2.05, 4.69) is 4.90 Å². The zero-order chi connectivity index (χ0) is 12.7. The summed E-state index contributed by atoms with van der Waals surface area (Å²) in [5, 5.41) is 0.103. The van der Waals surface area contributed by atoms with Crippen LogP contribution in [-0.4, -0.2) is 36.2 Å². The Bertz CT molecular complexity index is 457. The maximum absolute atomic E-state index is 13.0. The van der Waals surface area contributed by atoms with Gasteiger partial charge in [0.25, 0.3) is 0 Å². The van der Waals surface area contributed by atoms with E-state index in [1.807, 2.05) is 0 Å². The number of hydrogen-bond donors (Lipinski definition) is 1. The first kappa shape index (κ1) is 12.2. The van der Waals surface area contributed by atoms with Gasteiger partial charge in [0.15, 0.2) is 0 Å². The number of ether oxygens (including phenoxy) is 1. The fraction of sp³-hybridized carbons (Fsp3) is 0.538. The lowest BCUT2D eigenvalue weighted by Crippen LogP contribution is -2.30. The molecule has 3 rings (SSSR count). The number of rotatable bonds is 3. The molecule has 2 N–H and O–H groups in total. The van der Waals surface area contributed by atoms with Crippen LogP contribution < -0.4 is 10.5 Å². The Hall–Kier alpha value is -0.840. The molecule has 3 unspecified atom stereocenters. The van der Waals surface area contributed by atoms with Crippen LogP contribution in [0.1, 0.15) is 12.8 Å². The summed E-state index contributed by atoms with van der Waals surface area (Å²) in [4.78, 5) is 2.38. The van der Waals surface area contributed by atoms with Crippen LogP contribution in [0.15, 0.2) is 18.2 Å². The Labute approximate surface area is 111 Å². The van der Waals surface area contributed by atoms with Crippen LogP contribution in [0.2, 0.25) is 5.02 Å². The van der Waals surface area contributed by atoms with E-state index < -0.39 is 5.82 Å². The average molecular weight is 271 g/mol. The van der Waals surface area contributed by atoms with Crippen LogP contribution in [0.5, 0.6) is 5.75 Å². The Morgan fingerprint density at radius 2 is 2.22 bits per heavy atom. The third kappa shape index (κ3) is 2.46. The predicted octanol–water partition coefficient (Wildman–Crippen LogP) is 2.03. The van der Waals surface area contributed by atoms with Crippen molar-refractivity contribution < 1.29 is 9.13 Å². The third-order valence-corrected chi connectivity index (χ3v) is 3.93. The van der Waals surface area contributed by atoms with E-state index in [1.165, 1.54) is 12.1 Å². The zero-order valence-electron chi connectivity index (χ0n) is 9.98. The Kier molecular flexibility index (Phi) is 3.18. The maximum Gasteiger partial charge on any atom is 0.142 e. The van der Waals surface area contributed by atoms with Gasteiger partial charge in [-0.25, -0.2) is 4.39 Å². The molecule has 18 heavy (non-hydrogen) atoms. The van der Waals surface area contributed by atoms with Crippen molar-refractivity contribution >= 4 is 11.6 Å². The highest BCUT2D eigenvalue weighted by Crippen LogP contribution is 2.30. The van der Waals surface area contributed by atoms with E-state index in [1.54, 1.807) is 6.07 Å². The van der Waals surface area contributed by atoms with Gasteiger partial charge in [-0.15, -0.1) is 0 Å². The molecule has 1 aliphatic carbocycles. The summed E-state index contributed by atoms with van der Waals surface area (Å²) < 4.78 is 18.8. The van der Waals surface area contributed by atoms with Crippen LogP contribution in [0, 0.1) is 5.82 Å². The predicted molar refractivity (Wildman–Crippen MR) is 68.4 cm³/mol. The Balaban J connectivity index is 1.58. The van der Waals surface area contributed by atoms with Gasteiger partial charge in [-0.2, -0.15) is 0 Å². The summed E-state index contributed by atoms with van der Waals surface area (Å²) in [6, 6.07) is 5.36. The van der Waals surface area contributed by atoms with Gasteiger partial charge in [0.2, 0.25) is 0 Å². The average Bonchev–Trinajstić information content (AvgIpc) is 2.88. The van der Waals surface area contributed by atoms with Crippen molar-refractivity contribution in [1.82, 2.24) is 4.90 Å². The second-order valence-corrected chi connectivity index (χ2v) is 5.47. The lowest BCUT2D eigenvalue weighted by Gasteiger charge is -2.16. The van der Waals surface area contributed by atoms with E-state index in [0.29, 0.717) is 17.8 Å². The quantitative estimate of drug-likeness (QED) is 0.913. The number of hydrogen-bond acceptors (Lipinski definition) is 3. The van der Waals surface area contributed by atoms with Gasteiger partial charge in [0.05, 0.1) is 5.02 Å². The van der Waals surface area contributed by atoms with E-state index in [-0.39, 0.29) is 11.1 Å². The molecule has 2 aliphatic rings. The highest BCUT2D eigenvalue weighted by atomic mass is 35.5. The molecule has 0 spiro atoms. The second kappa shape index (κ2) is 4.68. The van der Waals surface area contributed by atoms with E-state index in [4.69, 9.17) is 22.1 Å². The molecule has 0 radical (unpaired) electrons.